The number of phenols is 3. The van der Waals surface area contributed by atoms with Gasteiger partial charge in [-0.3, -0.25) is 33.6 Å². The zero-order chi connectivity index (χ0) is 77.4. The minimum Gasteiger partial charge on any atom is -0.508 e. The van der Waals surface area contributed by atoms with E-state index in [1.54, 1.807) is 6.92 Å². The number of amides is 7. The number of hydrogen-bond acceptors (Lipinski definition) is 26. The minimum atomic E-state index is -2.35. The number of nitrogens with two attached hydrogens (primary N) is 1. The number of imidazole rings is 1. The topological polar surface area (TPSA) is 545 Å². The number of nitrogens with zero attached hydrogens (tertiary/aromatic N) is 1. The molecule has 0 aliphatic carbocycles. The molecule has 0 spiro atoms. The first kappa shape index (κ1) is 78.1. The van der Waals surface area contributed by atoms with Crippen LogP contribution in [0.5, 0.6) is 46.0 Å². The number of aromatic amines is 1. The van der Waals surface area contributed by atoms with Crippen LogP contribution in [0, 0.1) is 5.92 Å². The summed E-state index contributed by atoms with van der Waals surface area (Å²) in [6.45, 7) is 5.95. The van der Waals surface area contributed by atoms with E-state index in [0.717, 1.165) is 48.5 Å². The van der Waals surface area contributed by atoms with E-state index in [9.17, 15) is 70.2 Å². The summed E-state index contributed by atoms with van der Waals surface area (Å²) in [4.78, 5) is 126. The van der Waals surface area contributed by atoms with Gasteiger partial charge in [-0.2, -0.15) is 0 Å². The predicted octanol–water partition coefficient (Wildman–Crippen LogP) is 0.660. The Morgan fingerprint density at radius 1 is 0.738 bits per heavy atom. The van der Waals surface area contributed by atoms with Gasteiger partial charge in [0.2, 0.25) is 53.4 Å². The van der Waals surface area contributed by atoms with Gasteiger partial charge in [-0.05, 0) is 110 Å². The Morgan fingerprint density at radius 3 is 2.01 bits per heavy atom. The molecule has 13 rings (SSSR count). The van der Waals surface area contributed by atoms with Gasteiger partial charge in [0.05, 0.1) is 47.7 Å². The van der Waals surface area contributed by atoms with E-state index in [-0.39, 0.29) is 58.5 Å². The highest BCUT2D eigenvalue weighted by Crippen LogP contribution is 2.50. The van der Waals surface area contributed by atoms with E-state index in [1.165, 1.54) is 56.8 Å². The second kappa shape index (κ2) is 32.2. The van der Waals surface area contributed by atoms with Crippen molar-refractivity contribution in [3.63, 3.8) is 0 Å². The van der Waals surface area contributed by atoms with Crippen LogP contribution in [0.3, 0.4) is 0 Å². The van der Waals surface area contributed by atoms with Gasteiger partial charge in [0, 0.05) is 53.2 Å². The quantitative estimate of drug-likeness (QED) is 0.0633. The number of aliphatic hydroxyl groups excluding tert-OH is 6. The van der Waals surface area contributed by atoms with Gasteiger partial charge >= 0.3 is 5.97 Å². The Bertz CT molecular complexity index is 4400. The number of benzene rings is 5. The number of primary amides is 1. The third-order valence-electron chi connectivity index (χ3n) is 19.0. The van der Waals surface area contributed by atoms with E-state index >= 15 is 19.2 Å². The zero-order valence-electron chi connectivity index (χ0n) is 57.6. The molecule has 5 aromatic carbocycles. The van der Waals surface area contributed by atoms with Gasteiger partial charge in [-0.1, -0.05) is 55.2 Å². The summed E-state index contributed by atoms with van der Waals surface area (Å²) in [6.07, 6.45) is -16.0. The number of nitrogens with one attached hydrogen (secondary N) is 9. The molecule has 2 fully saturated rings. The fraction of sp³-hybridized carbons (Fsp3) is 0.414. The largest absolute Gasteiger partial charge is 0.508 e. The van der Waals surface area contributed by atoms with Crippen molar-refractivity contribution in [1.29, 1.82) is 0 Å². The molecule has 1 aromatic heterocycles. The fourth-order valence-electron chi connectivity index (χ4n) is 13.3. The van der Waals surface area contributed by atoms with Crippen LogP contribution in [0.1, 0.15) is 111 Å². The van der Waals surface area contributed by atoms with Crippen LogP contribution >= 0.6 is 23.2 Å². The summed E-state index contributed by atoms with van der Waals surface area (Å²) in [5.74, 6) is -16.0. The number of phenolic OH excluding ortho intramolecular Hbond substituents is 3. The highest BCUT2D eigenvalue weighted by molar-refractivity contribution is 6.32. The molecule has 572 valence electrons. The lowest BCUT2D eigenvalue weighted by atomic mass is 9.85. The molecule has 1 unspecified atom stereocenters. The smallest absolute Gasteiger partial charge is 0.330 e. The Kier molecular flexibility index (Phi) is 23.5. The van der Waals surface area contributed by atoms with Crippen LogP contribution in [-0.2, 0) is 59.1 Å². The molecule has 7 amide bonds. The van der Waals surface area contributed by atoms with E-state index in [0.29, 0.717) is 5.69 Å². The minimum absolute atomic E-state index is 0.0990. The van der Waals surface area contributed by atoms with Crippen LogP contribution in [0.2, 0.25) is 10.0 Å². The number of aromatic hydroxyl groups is 3. The molecular weight excluding hydrogens is 1450 g/mol. The Morgan fingerprint density at radius 2 is 1.38 bits per heavy atom. The van der Waals surface area contributed by atoms with Crippen molar-refractivity contribution < 1.29 is 118 Å². The summed E-state index contributed by atoms with van der Waals surface area (Å²) < 4.78 is 38.6. The number of H-pyrrole nitrogens is 1. The van der Waals surface area contributed by atoms with Gasteiger partial charge in [0.25, 0.3) is 0 Å². The van der Waals surface area contributed by atoms with Crippen LogP contribution in [0.25, 0.3) is 11.1 Å². The average Bonchev–Trinajstić information content (AvgIpc) is 1.09. The van der Waals surface area contributed by atoms with Gasteiger partial charge < -0.3 is 133 Å². The molecule has 37 heteroatoms. The van der Waals surface area contributed by atoms with E-state index in [1.807, 2.05) is 13.8 Å². The molecule has 18 atom stereocenters. The maximum absolute atomic E-state index is 16.2. The summed E-state index contributed by atoms with van der Waals surface area (Å²) in [7, 11) is 1.47. The number of fused-ring (bicyclic) bond motifs is 15. The first-order valence-corrected chi connectivity index (χ1v) is 34.4. The number of likely N-dealkylation sites (N-methyl/N-ethyl adjacent to an activating group) is 1. The second-order valence-electron chi connectivity index (χ2n) is 27.1. The highest BCUT2D eigenvalue weighted by atomic mass is 35.5. The normalized spacial score (nSPS) is 28.4. The Balaban J connectivity index is 1.17. The van der Waals surface area contributed by atoms with Crippen molar-refractivity contribution in [2.75, 3.05) is 13.7 Å². The number of hydrogen-bond donors (Lipinski definition) is 20. The van der Waals surface area contributed by atoms with Crippen LogP contribution in [-0.4, -0.2) is 201 Å². The number of halogens is 2. The van der Waals surface area contributed by atoms with Crippen molar-refractivity contribution in [2.24, 2.45) is 11.7 Å². The lowest BCUT2D eigenvalue weighted by molar-refractivity contribution is -0.277. The van der Waals surface area contributed by atoms with Crippen LogP contribution in [0.4, 0.5) is 0 Å². The first-order valence-electron chi connectivity index (χ1n) is 33.6. The molecule has 35 nitrogen and oxygen atoms in total. The van der Waals surface area contributed by atoms with E-state index in [2.05, 4.69) is 52.5 Å². The number of carbonyl (C=O) groups excluding carboxylic acids is 7. The Labute approximate surface area is 618 Å². The number of carboxylic acids is 1. The number of aromatic nitrogens is 2. The molecule has 6 aromatic rings. The monoisotopic (exact) mass is 1530 g/mol. The van der Waals surface area contributed by atoms with Crippen molar-refractivity contribution in [2.45, 2.75) is 163 Å². The zero-order valence-corrected chi connectivity index (χ0v) is 59.1. The van der Waals surface area contributed by atoms with E-state index in [4.69, 9.17) is 57.4 Å². The van der Waals surface area contributed by atoms with Crippen molar-refractivity contribution in [1.82, 2.24) is 52.5 Å². The van der Waals surface area contributed by atoms with Gasteiger partial charge in [0.1, 0.15) is 95.6 Å². The van der Waals surface area contributed by atoms with Crippen molar-refractivity contribution in [3.05, 3.63) is 135 Å². The molecule has 0 saturated carbocycles. The molecule has 21 N–H and O–H groups in total. The number of carboxylic acid groups (broad SMARTS) is 1. The van der Waals surface area contributed by atoms with Crippen LogP contribution < -0.4 is 62.5 Å². The van der Waals surface area contributed by atoms with Gasteiger partial charge in [-0.15, -0.1) is 0 Å². The number of aliphatic hydroxyl groups is 6. The molecule has 0 radical (unpaired) electrons. The van der Waals surface area contributed by atoms with Crippen molar-refractivity contribution >= 4 is 70.5 Å². The summed E-state index contributed by atoms with van der Waals surface area (Å²) in [5.41, 5.74) is 2.35. The van der Waals surface area contributed by atoms with E-state index < -0.39 is 231 Å². The third kappa shape index (κ3) is 16.8. The molecule has 7 aliphatic heterocycles. The second-order valence-corrected chi connectivity index (χ2v) is 27.9. The highest BCUT2D eigenvalue weighted by Gasteiger charge is 2.50. The SMILES string of the molecule is CN[C@H](CC(C)C)C(=O)N[C@H]1C(=O)N[C@@H](CC(N)=O)C(=O)N[C@H]2C(=O)N[C@H]3C(=O)N[C@H](C(=O)N[C@@H](C(=O)O)c4cc(O)cc(O)c4-c4cc3ccc4O)[C@H](OC3C[C@](C)(NCc4cnc[nH]4)[C@@H](O)[C@H](C)O3)c3ccc(c(Cl)c3)Oc3cc2cc(c3O[C@@H]2O[C@H](CO)[C@@H](O)[C@H](O)[C@H]2O)Oc2ccc(cc2Cl)[C@H]1O. The molecule has 2 saturated heterocycles. The number of ether oxygens (including phenoxy) is 6. The lowest BCUT2D eigenvalue weighted by Gasteiger charge is -2.46. The predicted molar refractivity (Wildman–Crippen MR) is 371 cm³/mol. The standard InChI is InChI=1S/C70H79Cl2N11O24/c1-26(2)12-38(74-5)62(94)82-53-55(89)29-7-10-42(36(71)14-29)103-44-16-31-17-45(60(44)107-69-58(92)57(91)56(90)46(24-84)105-69)104-43-11-8-30(15-37(43)72)59(106-48-21-70(4,61(93)27(3)102-48)77-23-32-22-75-25-76-32)54-67(99)81-52(68(100)101)35-18-33(85)19-41(87)49(35)34-13-28(6-9-40(34)86)50(64(96)83-54)80-65(97)51(31)79-63(95)39(20-47(73)88)78-66(53)98/h6-11,13-19,22,25-27,38-39,46,48,50-59,61,69,74,77,84-87,89-93H,12,20-21,23-24H2,1-5H3,(H2,73,88)(H,75,76)(H,78,98)(H,79,95)(H,80,97)(H,81,99)(H,82,94)(H,83,96)(H,100,101)/t27-,38+,39-,46+,48?,50+,51+,52+,53+,54-,55+,56+,57-,58+,59+,61-,69-,70-/m0/s1. The average molecular weight is 1530 g/mol. The summed E-state index contributed by atoms with van der Waals surface area (Å²) in [6, 6.07) is -0.322. The number of aliphatic carboxylic acids is 1. The molecular formula is C70H79Cl2N11O24. The summed E-state index contributed by atoms with van der Waals surface area (Å²) >= 11 is 14.3. The number of carbonyl (C=O) groups is 8. The first-order chi connectivity index (χ1) is 50.7. The molecule has 7 aliphatic rings. The third-order valence-corrected chi connectivity index (χ3v) is 19.5. The summed E-state index contributed by atoms with van der Waals surface area (Å²) in [5, 5.41) is 134. The molecule has 107 heavy (non-hydrogen) atoms. The van der Waals surface area contributed by atoms with Crippen LogP contribution in [0.15, 0.2) is 91.4 Å². The molecule has 11 bridgehead atoms. The molecule has 8 heterocycles. The lowest BCUT2D eigenvalue weighted by Crippen LogP contribution is -2.63. The Hall–Kier alpha value is -9.99. The van der Waals surface area contributed by atoms with Crippen molar-refractivity contribution in [3.8, 4) is 57.1 Å². The fourth-order valence-corrected chi connectivity index (χ4v) is 13.8. The number of rotatable bonds is 16. The maximum Gasteiger partial charge on any atom is 0.330 e. The van der Waals surface area contributed by atoms with Gasteiger partial charge in [-0.25, -0.2) is 9.78 Å². The maximum atomic E-state index is 16.2. The van der Waals surface area contributed by atoms with Gasteiger partial charge in [0.15, 0.2) is 23.8 Å².